The van der Waals surface area contributed by atoms with Crippen molar-refractivity contribution in [2.75, 3.05) is 19.0 Å². The van der Waals surface area contributed by atoms with Crippen LogP contribution in [0.2, 0.25) is 0 Å². The van der Waals surface area contributed by atoms with Crippen LogP contribution in [0.3, 0.4) is 0 Å². The van der Waals surface area contributed by atoms with E-state index in [1.165, 1.54) is 11.8 Å². The topological polar surface area (TPSA) is 78.6 Å². The number of cyclic esters (lactones) is 1. The molecule has 0 bridgehead atoms. The summed E-state index contributed by atoms with van der Waals surface area (Å²) in [4.78, 5) is 22.2. The van der Waals surface area contributed by atoms with E-state index in [1.807, 2.05) is 0 Å². The van der Waals surface area contributed by atoms with Crippen molar-refractivity contribution in [3.63, 3.8) is 0 Å². The Hall–Kier alpha value is -0.750. The summed E-state index contributed by atoms with van der Waals surface area (Å²) in [6.45, 7) is 2.51. The van der Waals surface area contributed by atoms with E-state index in [0.29, 0.717) is 25.4 Å². The average Bonchev–Trinajstić information content (AvgIpc) is 2.61. The molecule has 1 aliphatic rings. The first-order valence-corrected chi connectivity index (χ1v) is 5.90. The van der Waals surface area contributed by atoms with Crippen molar-refractivity contribution in [1.29, 1.82) is 0 Å². The first kappa shape index (κ1) is 12.3. The smallest absolute Gasteiger partial charge is 0.323 e. The Balaban J connectivity index is 2.24. The molecule has 86 valence electrons. The Morgan fingerprint density at radius 3 is 3.07 bits per heavy atom. The van der Waals surface area contributed by atoms with Crippen LogP contribution >= 0.6 is 11.8 Å². The molecule has 0 spiro atoms. The highest BCUT2D eigenvalue weighted by Crippen LogP contribution is 2.22. The molecule has 1 fully saturated rings. The molecule has 0 saturated carbocycles. The molecule has 1 rings (SSSR count). The Kier molecular flexibility index (Phi) is 4.90. The van der Waals surface area contributed by atoms with Gasteiger partial charge in [0.1, 0.15) is 11.3 Å². The first-order valence-electron chi connectivity index (χ1n) is 4.85. The molecular weight excluding hydrogens is 218 g/mol. The molecule has 0 aromatic heterocycles. The first-order chi connectivity index (χ1) is 7.15. The van der Waals surface area contributed by atoms with Gasteiger partial charge in [-0.2, -0.15) is 0 Å². The number of esters is 2. The van der Waals surface area contributed by atoms with Crippen LogP contribution in [-0.2, 0) is 19.1 Å². The maximum atomic E-state index is 11.2. The van der Waals surface area contributed by atoms with Gasteiger partial charge >= 0.3 is 11.9 Å². The second-order valence-corrected chi connectivity index (χ2v) is 4.37. The molecule has 0 aromatic rings. The number of nitrogens with two attached hydrogens (primary N) is 1. The lowest BCUT2D eigenvalue weighted by molar-refractivity contribution is -0.144. The van der Waals surface area contributed by atoms with E-state index in [9.17, 15) is 9.59 Å². The van der Waals surface area contributed by atoms with E-state index in [4.69, 9.17) is 15.2 Å². The summed E-state index contributed by atoms with van der Waals surface area (Å²) in [6, 6.07) is -0.664. The zero-order valence-corrected chi connectivity index (χ0v) is 9.42. The van der Waals surface area contributed by atoms with E-state index >= 15 is 0 Å². The third kappa shape index (κ3) is 3.71. The monoisotopic (exact) mass is 233 g/mol. The zero-order valence-electron chi connectivity index (χ0n) is 8.60. The van der Waals surface area contributed by atoms with Crippen molar-refractivity contribution in [3.05, 3.63) is 0 Å². The highest BCUT2D eigenvalue weighted by Gasteiger charge is 2.28. The highest BCUT2D eigenvalue weighted by atomic mass is 32.2. The van der Waals surface area contributed by atoms with Crippen LogP contribution in [0.25, 0.3) is 0 Å². The van der Waals surface area contributed by atoms with Gasteiger partial charge in [-0.15, -0.1) is 11.8 Å². The van der Waals surface area contributed by atoms with E-state index in [2.05, 4.69) is 0 Å². The maximum absolute atomic E-state index is 11.2. The summed E-state index contributed by atoms with van der Waals surface area (Å²) in [6.07, 6.45) is 0.693. The molecule has 0 aliphatic carbocycles. The van der Waals surface area contributed by atoms with Gasteiger partial charge in [-0.1, -0.05) is 0 Å². The fourth-order valence-electron chi connectivity index (χ4n) is 1.17. The minimum absolute atomic E-state index is 0.175. The molecule has 0 amide bonds. The summed E-state index contributed by atoms with van der Waals surface area (Å²) >= 11 is 1.35. The second-order valence-electron chi connectivity index (χ2n) is 3.14. The third-order valence-corrected chi connectivity index (χ3v) is 3.34. The lowest BCUT2D eigenvalue weighted by Crippen LogP contribution is -2.35. The minimum atomic E-state index is -0.664. The Labute approximate surface area is 92.7 Å². The lowest BCUT2D eigenvalue weighted by Gasteiger charge is -2.11. The van der Waals surface area contributed by atoms with Gasteiger partial charge in [-0.25, -0.2) is 0 Å². The summed E-state index contributed by atoms with van der Waals surface area (Å²) < 4.78 is 9.54. The summed E-state index contributed by atoms with van der Waals surface area (Å²) in [7, 11) is 0. The molecule has 1 saturated heterocycles. The van der Waals surface area contributed by atoms with E-state index in [0.717, 1.165) is 0 Å². The number of carbonyl (C=O) groups is 2. The second kappa shape index (κ2) is 5.97. The van der Waals surface area contributed by atoms with Crippen molar-refractivity contribution in [1.82, 2.24) is 0 Å². The minimum Gasteiger partial charge on any atom is -0.465 e. The number of hydrogen-bond donors (Lipinski definition) is 1. The van der Waals surface area contributed by atoms with Crippen LogP contribution in [0, 0.1) is 0 Å². The number of ether oxygens (including phenoxy) is 2. The molecule has 5 nitrogen and oxygen atoms in total. The fraction of sp³-hybridized carbons (Fsp3) is 0.778. The Morgan fingerprint density at radius 1 is 1.80 bits per heavy atom. The molecule has 1 aliphatic heterocycles. The van der Waals surface area contributed by atoms with Crippen molar-refractivity contribution in [3.8, 4) is 0 Å². The number of rotatable bonds is 5. The Bertz CT molecular complexity index is 246. The molecule has 0 aromatic carbocycles. The predicted octanol–water partition coefficient (Wildman–Crippen LogP) is -0.0745. The number of thioether (sulfide) groups is 1. The summed E-state index contributed by atoms with van der Waals surface area (Å²) in [5, 5.41) is -0.175. The zero-order chi connectivity index (χ0) is 11.3. The molecule has 2 atom stereocenters. The largest absolute Gasteiger partial charge is 0.465 e. The van der Waals surface area contributed by atoms with Crippen molar-refractivity contribution in [2.24, 2.45) is 5.73 Å². The van der Waals surface area contributed by atoms with E-state index in [1.54, 1.807) is 6.92 Å². The number of carbonyl (C=O) groups excluding carboxylic acids is 2. The number of hydrogen-bond acceptors (Lipinski definition) is 6. The normalized spacial score (nSPS) is 22.3. The van der Waals surface area contributed by atoms with Crippen LogP contribution in [-0.4, -0.2) is 42.2 Å². The van der Waals surface area contributed by atoms with Crippen molar-refractivity contribution < 1.29 is 19.1 Å². The molecule has 2 unspecified atom stereocenters. The van der Waals surface area contributed by atoms with Gasteiger partial charge in [-0.3, -0.25) is 9.59 Å². The van der Waals surface area contributed by atoms with E-state index < -0.39 is 12.0 Å². The van der Waals surface area contributed by atoms with Gasteiger partial charge in [0.2, 0.25) is 0 Å². The lowest BCUT2D eigenvalue weighted by atomic mass is 10.4. The summed E-state index contributed by atoms with van der Waals surface area (Å²) in [5.74, 6) is -0.245. The van der Waals surface area contributed by atoms with Gasteiger partial charge in [0.15, 0.2) is 0 Å². The van der Waals surface area contributed by atoms with Gasteiger partial charge < -0.3 is 15.2 Å². The van der Waals surface area contributed by atoms with Gasteiger partial charge in [0, 0.05) is 12.2 Å². The molecular formula is C9H15NO4S. The molecule has 15 heavy (non-hydrogen) atoms. The predicted molar refractivity (Wildman–Crippen MR) is 56.4 cm³/mol. The highest BCUT2D eigenvalue weighted by molar-refractivity contribution is 8.00. The Morgan fingerprint density at radius 2 is 2.53 bits per heavy atom. The van der Waals surface area contributed by atoms with Crippen LogP contribution < -0.4 is 5.73 Å². The molecule has 6 heteroatoms. The SMILES string of the molecule is CCOC(=O)C(N)CSC1CCOC1=O. The van der Waals surface area contributed by atoms with Crippen molar-refractivity contribution in [2.45, 2.75) is 24.6 Å². The molecule has 1 heterocycles. The van der Waals surface area contributed by atoms with Crippen LogP contribution in [0.4, 0.5) is 0 Å². The molecule has 0 radical (unpaired) electrons. The maximum Gasteiger partial charge on any atom is 0.323 e. The quantitative estimate of drug-likeness (QED) is 0.669. The van der Waals surface area contributed by atoms with Gasteiger partial charge in [0.25, 0.3) is 0 Å². The summed E-state index contributed by atoms with van der Waals surface area (Å²) in [5.41, 5.74) is 5.58. The van der Waals surface area contributed by atoms with Gasteiger partial charge in [-0.05, 0) is 6.92 Å². The standard InChI is InChI=1S/C9H15NO4S/c1-2-13-8(11)6(10)5-15-7-3-4-14-9(7)12/h6-7H,2-5,10H2,1H3. The third-order valence-electron chi connectivity index (χ3n) is 1.95. The average molecular weight is 233 g/mol. The molecule has 2 N–H and O–H groups in total. The van der Waals surface area contributed by atoms with Crippen LogP contribution in [0.1, 0.15) is 13.3 Å². The van der Waals surface area contributed by atoms with E-state index in [-0.39, 0.29) is 11.2 Å². The van der Waals surface area contributed by atoms with Crippen LogP contribution in [0.15, 0.2) is 0 Å². The van der Waals surface area contributed by atoms with Gasteiger partial charge in [0.05, 0.1) is 13.2 Å². The van der Waals surface area contributed by atoms with Crippen LogP contribution in [0.5, 0.6) is 0 Å². The fourth-order valence-corrected chi connectivity index (χ4v) is 2.21. The van der Waals surface area contributed by atoms with Crippen molar-refractivity contribution >= 4 is 23.7 Å².